The van der Waals surface area contributed by atoms with Crippen molar-refractivity contribution in [2.75, 3.05) is 19.4 Å². The Morgan fingerprint density at radius 3 is 2.86 bits per heavy atom. The first kappa shape index (κ1) is 16.5. The van der Waals surface area contributed by atoms with Gasteiger partial charge in [0.1, 0.15) is 12.1 Å². The predicted octanol–water partition coefficient (Wildman–Crippen LogP) is -1.92. The summed E-state index contributed by atoms with van der Waals surface area (Å²) >= 11 is 5.97. The molecule has 0 aliphatic carbocycles. The van der Waals surface area contributed by atoms with Crippen LogP contribution < -0.4 is 16.0 Å². The minimum absolute atomic E-state index is 0.0818. The molecule has 120 valence electrons. The molecule has 1 aliphatic rings. The summed E-state index contributed by atoms with van der Waals surface area (Å²) < 4.78 is 33.0. The molecule has 1 amide bonds. The van der Waals surface area contributed by atoms with Crippen molar-refractivity contribution in [3.05, 3.63) is 11.1 Å². The van der Waals surface area contributed by atoms with Crippen molar-refractivity contribution in [3.63, 3.8) is 0 Å². The second kappa shape index (κ2) is 6.12. The number of nitrogens with one attached hydrogen (secondary N) is 2. The zero-order valence-corrected chi connectivity index (χ0v) is 13.5. The highest BCUT2D eigenvalue weighted by molar-refractivity contribution is 7.87. The zero-order chi connectivity index (χ0) is 16.5. The lowest BCUT2D eigenvalue weighted by molar-refractivity contribution is -0.356. The molecule has 1 atom stereocenters. The molecular formula is C9H11N5O5S3. The summed E-state index contributed by atoms with van der Waals surface area (Å²) in [6, 6.07) is -0.746. The van der Waals surface area contributed by atoms with Crippen LogP contribution in [0, 0.1) is 0 Å². The summed E-state index contributed by atoms with van der Waals surface area (Å²) in [7, 11) is -3.38. The van der Waals surface area contributed by atoms with E-state index >= 15 is 0 Å². The second-order valence-corrected chi connectivity index (χ2v) is 6.74. The smallest absolute Gasteiger partial charge is 0.329 e. The molecule has 1 aromatic heterocycles. The lowest BCUT2D eigenvalue weighted by Gasteiger charge is -2.42. The van der Waals surface area contributed by atoms with Crippen LogP contribution in [0.4, 0.5) is 5.13 Å². The molecule has 10 nitrogen and oxygen atoms in total. The maximum atomic E-state index is 12.2. The van der Waals surface area contributed by atoms with E-state index in [0.29, 0.717) is 15.1 Å². The van der Waals surface area contributed by atoms with Crippen molar-refractivity contribution in [1.82, 2.24) is 9.62 Å². The number of thiazole rings is 1. The highest BCUT2D eigenvalue weighted by Gasteiger charge is 2.38. The van der Waals surface area contributed by atoms with Crippen molar-refractivity contribution in [1.29, 1.82) is 0 Å². The Balaban J connectivity index is 2.08. The van der Waals surface area contributed by atoms with Crippen molar-refractivity contribution in [2.45, 2.75) is 6.04 Å². The SMILES string of the molecule is CO/N=C(\C(=O)NC1CN(S(=O)(=O)[O-])C1=S)c1csc(N)[nH+]1. The van der Waals surface area contributed by atoms with E-state index in [1.807, 2.05) is 0 Å². The monoisotopic (exact) mass is 365 g/mol. The molecule has 2 rings (SSSR count). The van der Waals surface area contributed by atoms with Gasteiger partial charge in [0.05, 0.1) is 12.6 Å². The van der Waals surface area contributed by atoms with Crippen molar-refractivity contribution >= 4 is 55.6 Å². The van der Waals surface area contributed by atoms with E-state index in [9.17, 15) is 17.8 Å². The Labute approximate surface area is 134 Å². The van der Waals surface area contributed by atoms with Gasteiger partial charge in [-0.3, -0.25) is 14.8 Å². The van der Waals surface area contributed by atoms with Crippen LogP contribution in [0.3, 0.4) is 0 Å². The number of nitrogens with two attached hydrogens (primary N) is 1. The molecule has 0 spiro atoms. The number of oxime groups is 1. The molecular weight excluding hydrogens is 354 g/mol. The van der Waals surface area contributed by atoms with Crippen molar-refractivity contribution in [3.8, 4) is 0 Å². The van der Waals surface area contributed by atoms with Gasteiger partial charge in [0.15, 0.2) is 16.0 Å². The fourth-order valence-electron chi connectivity index (χ4n) is 1.66. The summed E-state index contributed by atoms with van der Waals surface area (Å²) in [4.78, 5) is 19.3. The Morgan fingerprint density at radius 2 is 2.41 bits per heavy atom. The normalized spacial score (nSPS) is 18.8. The van der Waals surface area contributed by atoms with Crippen LogP contribution in [-0.2, 0) is 19.9 Å². The third kappa shape index (κ3) is 3.32. The van der Waals surface area contributed by atoms with Gasteiger partial charge in [0.25, 0.3) is 5.91 Å². The van der Waals surface area contributed by atoms with E-state index in [1.54, 1.807) is 5.38 Å². The van der Waals surface area contributed by atoms with Crippen LogP contribution in [0.5, 0.6) is 0 Å². The van der Waals surface area contributed by atoms with Crippen LogP contribution in [0.25, 0.3) is 0 Å². The molecule has 0 radical (unpaired) electrons. The fraction of sp³-hybridized carbons (Fsp3) is 0.333. The van der Waals surface area contributed by atoms with Crippen LogP contribution in [0.1, 0.15) is 5.69 Å². The average Bonchev–Trinajstić information content (AvgIpc) is 2.84. The number of carbonyl (C=O) groups is 1. The molecule has 13 heteroatoms. The van der Waals surface area contributed by atoms with Gasteiger partial charge < -0.3 is 14.7 Å². The van der Waals surface area contributed by atoms with Crippen molar-refractivity contribution < 1.29 is 27.6 Å². The van der Waals surface area contributed by atoms with Crippen LogP contribution >= 0.6 is 23.6 Å². The topological polar surface area (TPSA) is 151 Å². The maximum Gasteiger partial charge on any atom is 0.329 e. The Morgan fingerprint density at radius 1 is 1.73 bits per heavy atom. The van der Waals surface area contributed by atoms with Crippen molar-refractivity contribution in [2.24, 2.45) is 5.16 Å². The quantitative estimate of drug-likeness (QED) is 0.267. The first-order valence-electron chi connectivity index (χ1n) is 5.70. The van der Waals surface area contributed by atoms with Gasteiger partial charge in [-0.25, -0.2) is 13.4 Å². The van der Waals surface area contributed by atoms with Gasteiger partial charge >= 0.3 is 5.13 Å². The summed E-state index contributed by atoms with van der Waals surface area (Å²) in [5.41, 5.74) is 5.80. The van der Waals surface area contributed by atoms with E-state index in [0.717, 1.165) is 0 Å². The number of amides is 1. The number of H-pyrrole nitrogens is 1. The Hall–Kier alpha value is -1.83. The number of aromatic nitrogens is 1. The number of nitrogen functional groups attached to an aromatic ring is 1. The molecule has 1 fully saturated rings. The van der Waals surface area contributed by atoms with Gasteiger partial charge in [0.2, 0.25) is 5.71 Å². The van der Waals surface area contributed by atoms with E-state index in [4.69, 9.17) is 18.0 Å². The summed E-state index contributed by atoms with van der Waals surface area (Å²) in [6.45, 7) is -0.216. The van der Waals surface area contributed by atoms with Crippen LogP contribution in [0.2, 0.25) is 0 Å². The largest absolute Gasteiger partial charge is 0.731 e. The summed E-state index contributed by atoms with van der Waals surface area (Å²) in [5.74, 6) is -0.647. The molecule has 1 unspecified atom stereocenters. The number of thiocarbonyl (C=S) groups is 1. The standard InChI is InChI=1S/C9H11N5O5S3/c1-19-13-6(5-3-21-9(10)12-5)7(15)11-4-2-14(8(4)20)22(16,17)18/h3-4H,2H2,1H3,(H2,10,12)(H,11,15)(H,16,17,18)/b13-6-. The number of hydrogen-bond donors (Lipinski definition) is 2. The van der Waals surface area contributed by atoms with E-state index in [2.05, 4.69) is 20.3 Å². The molecule has 1 aromatic rings. The number of nitrogens with zero attached hydrogens (tertiary/aromatic N) is 2. The van der Waals surface area contributed by atoms with Gasteiger partial charge in [-0.15, -0.1) is 0 Å². The van der Waals surface area contributed by atoms with E-state index in [-0.39, 0.29) is 17.2 Å². The average molecular weight is 365 g/mol. The molecule has 1 aliphatic heterocycles. The third-order valence-corrected chi connectivity index (χ3v) is 4.90. The molecule has 0 aromatic carbocycles. The number of carbonyl (C=O) groups excluding carboxylic acids is 1. The fourth-order valence-corrected chi connectivity index (χ4v) is 3.41. The maximum absolute atomic E-state index is 12.2. The lowest BCUT2D eigenvalue weighted by Crippen LogP contribution is -2.65. The van der Waals surface area contributed by atoms with Gasteiger partial charge in [0, 0.05) is 5.38 Å². The molecule has 0 saturated carbocycles. The molecule has 22 heavy (non-hydrogen) atoms. The number of anilines is 1. The van der Waals surface area contributed by atoms with Gasteiger partial charge in [-0.05, 0) is 0 Å². The zero-order valence-electron chi connectivity index (χ0n) is 11.1. The number of hydrogen-bond acceptors (Lipinski definition) is 9. The number of aromatic amines is 1. The Kier molecular flexibility index (Phi) is 4.60. The molecule has 0 bridgehead atoms. The highest BCUT2D eigenvalue weighted by Crippen LogP contribution is 2.16. The first-order chi connectivity index (χ1) is 10.2. The predicted molar refractivity (Wildman–Crippen MR) is 79.8 cm³/mol. The van der Waals surface area contributed by atoms with Crippen LogP contribution in [-0.4, -0.2) is 53.6 Å². The first-order valence-corrected chi connectivity index (χ1v) is 8.35. The van der Waals surface area contributed by atoms with Gasteiger partial charge in [-0.1, -0.05) is 28.7 Å². The summed E-state index contributed by atoms with van der Waals surface area (Å²) in [6.07, 6.45) is 0. The Bertz CT molecular complexity index is 743. The highest BCUT2D eigenvalue weighted by atomic mass is 32.2. The molecule has 4 N–H and O–H groups in total. The van der Waals surface area contributed by atoms with E-state index < -0.39 is 22.3 Å². The van der Waals surface area contributed by atoms with E-state index in [1.165, 1.54) is 18.4 Å². The minimum Gasteiger partial charge on any atom is -0.731 e. The summed E-state index contributed by atoms with van der Waals surface area (Å²) in [5, 5.41) is 8.01. The lowest BCUT2D eigenvalue weighted by atomic mass is 10.1. The van der Waals surface area contributed by atoms with Gasteiger partial charge in [-0.2, -0.15) is 0 Å². The van der Waals surface area contributed by atoms with Crippen LogP contribution in [0.15, 0.2) is 10.5 Å². The molecule has 2 heterocycles. The third-order valence-electron chi connectivity index (χ3n) is 2.68. The number of rotatable bonds is 5. The minimum atomic E-state index is -4.65. The second-order valence-electron chi connectivity index (χ2n) is 4.11. The molecule has 1 saturated heterocycles.